The number of carboxylic acid groups (broad SMARTS) is 19. The van der Waals surface area contributed by atoms with E-state index in [9.17, 15) is 89.1 Å². The van der Waals surface area contributed by atoms with E-state index in [1.165, 1.54) is 0 Å². The molecule has 0 spiro atoms. The third kappa shape index (κ3) is 300. The van der Waals surface area contributed by atoms with Crippen LogP contribution in [0.15, 0.2) is 0 Å². The SMILES string of the molecule is CC(=O)[O-].CC(=O)[O-].CC(=O)[O-].CC(=O)[O-].CC(=O)[O-].CC(=O)[O-].NCCN.O=C([O-])C(=O)[O-].O=C([O-])CC(O)(CC(=O)[O-])C(=O)[O-].O=C([O-])CC(O)(CC(=O)[O-])C(=O)[O-].O=C([O-])CC(O)(CC(=O)[O-])C(=O)[O-].O=C([O-])[O-].O=S(=O)([O-])[O-].O=[N+]([O-])[O-].[Ce+3].[Ce+3].[Ce+3].[Ce+3].[Ce+3].[Ce+3].[Ce+3].[Mn+2].[Mn+2].[Mn+2].[Mn+2]. The fourth-order valence-corrected chi connectivity index (χ4v) is 2.05. The van der Waals surface area contributed by atoms with Crippen LogP contribution in [-0.4, -0.2) is 175 Å². The molecule has 0 aromatic heterocycles. The van der Waals surface area contributed by atoms with Crippen LogP contribution in [0.4, 0.5) is 4.79 Å². The first-order valence-electron chi connectivity index (χ1n) is 19.0. The minimum atomic E-state index is -5.17. The molecule has 0 saturated heterocycles. The smallest absolute Gasteiger partial charge is 0.759 e. The van der Waals surface area contributed by atoms with Gasteiger partial charge in [0.05, 0.1) is 34.9 Å². The molecule has 62 heteroatoms. The van der Waals surface area contributed by atoms with Gasteiger partial charge in [0.1, 0.15) is 16.8 Å². The monoisotopic (exact) mass is 2490 g/mol. The number of nitrogens with zero attached hydrogens (tertiary/aromatic N) is 1. The summed E-state index contributed by atoms with van der Waals surface area (Å²) < 4.78 is 34.1. The van der Waals surface area contributed by atoms with Gasteiger partial charge in [-0.05, 0) is 47.7 Å². The van der Waals surface area contributed by atoms with Crippen LogP contribution >= 0.6 is 0 Å². The fraction of sp³-hybridized carbons (Fsp3) is 0.486. The van der Waals surface area contributed by atoms with Gasteiger partial charge in [-0.2, -0.15) is 0 Å². The molecule has 0 heterocycles. The Bertz CT molecular complexity index is 1950. The van der Waals surface area contributed by atoms with Gasteiger partial charge in [-0.15, -0.1) is 0 Å². The molecule has 7 N–H and O–H groups in total. The van der Waals surface area contributed by atoms with Crippen LogP contribution in [0.25, 0.3) is 0 Å². The Kier molecular flexibility index (Phi) is 196. The second kappa shape index (κ2) is 110. The second-order valence-corrected chi connectivity index (χ2v) is 13.0. The van der Waals surface area contributed by atoms with E-state index in [1.54, 1.807) is 0 Å². The van der Waals surface area contributed by atoms with Crippen LogP contribution in [0, 0.1) is 308 Å². The molecule has 11 radical (unpaired) electrons. The first-order chi connectivity index (χ1) is 37.7. The Balaban J connectivity index is -0.0000000256. The van der Waals surface area contributed by atoms with E-state index in [4.69, 9.17) is 154 Å². The summed E-state index contributed by atoms with van der Waals surface area (Å²) in [5.41, 5.74) is 0.882. The second-order valence-electron chi connectivity index (χ2n) is 12.2. The van der Waals surface area contributed by atoms with Crippen LogP contribution in [0.3, 0.4) is 0 Å². The van der Waals surface area contributed by atoms with Crippen LogP contribution in [0.1, 0.15) is 80.1 Å². The van der Waals surface area contributed by atoms with E-state index >= 15 is 0 Å². The van der Waals surface area contributed by atoms with Gasteiger partial charge in [-0.1, -0.05) is 0 Å². The minimum Gasteiger partial charge on any atom is -0.759 e. The molecular weight excluding hydrogens is 2450 g/mol. The number of aliphatic hydroxyl groups is 3. The zero-order valence-electron chi connectivity index (χ0n) is 48.5. The molecule has 0 bridgehead atoms. The van der Waals surface area contributed by atoms with Crippen molar-refractivity contribution in [1.29, 1.82) is 0 Å². The van der Waals surface area contributed by atoms with E-state index in [-0.39, 0.29) is 361 Å². The summed E-state index contributed by atoms with van der Waals surface area (Å²) in [7, 11) is -5.17. The van der Waals surface area contributed by atoms with Gasteiger partial charge in [0.2, 0.25) is 0 Å². The summed E-state index contributed by atoms with van der Waals surface area (Å²) >= 11 is 0. The number of rotatable bonds is 16. The molecule has 0 saturated carbocycles. The first-order valence-corrected chi connectivity index (χ1v) is 20.3. The van der Waals surface area contributed by atoms with Gasteiger partial charge < -0.3 is 235 Å². The number of hydrogen-bond donors (Lipinski definition) is 5. The molecule has 533 valence electrons. The maximum absolute atomic E-state index is 10.1. The topological polar surface area (TPSA) is 1000 Å². The zero-order chi connectivity index (χ0) is 73.6. The van der Waals surface area contributed by atoms with Gasteiger partial charge in [0, 0.05) is 134 Å². The number of aliphatic carboxylic acids is 17. The van der Waals surface area contributed by atoms with Crippen LogP contribution < -0.4 is 108 Å². The first kappa shape index (κ1) is 173. The summed E-state index contributed by atoms with van der Waals surface area (Å²) in [6.45, 7) is 7.03. The predicted molar refractivity (Wildman–Crippen MR) is 206 cm³/mol. The molecule has 0 aliphatic heterocycles. The average Bonchev–Trinajstić information content (AvgIpc) is 3.17. The number of carbonyl (C=O) groups excluding carboxylic acids is 18. The summed E-state index contributed by atoms with van der Waals surface area (Å²) in [5, 5.41) is 219. The number of nitrogens with two attached hydrogens (primary N) is 2. The minimum absolute atomic E-state index is 0. The van der Waals surface area contributed by atoms with Gasteiger partial charge >= 0.3 is 361 Å². The van der Waals surface area contributed by atoms with Crippen molar-refractivity contribution >= 4 is 118 Å². The van der Waals surface area contributed by atoms with Crippen LogP contribution in [0.5, 0.6) is 0 Å². The number of carboxylic acids is 17. The number of carbonyl (C=O) groups is 18. The van der Waals surface area contributed by atoms with Crippen LogP contribution in [-0.2, 0) is 160 Å². The maximum atomic E-state index is 10.1. The van der Waals surface area contributed by atoms with Crippen molar-refractivity contribution in [3.05, 3.63) is 15.3 Å². The Morgan fingerprint density at radius 2 is 0.381 bits per heavy atom. The van der Waals surface area contributed by atoms with E-state index in [0.29, 0.717) is 13.1 Å². The third-order valence-electron chi connectivity index (χ3n) is 4.09. The predicted octanol–water partition coefficient (Wildman–Crippen LogP) is -31.9. The maximum Gasteiger partial charge on any atom is 3.00 e. The Morgan fingerprint density at radius 1 is 0.320 bits per heavy atom. The Morgan fingerprint density at radius 3 is 0.402 bits per heavy atom. The molecule has 0 rings (SSSR count). The molecule has 0 aromatic carbocycles. The zero-order valence-corrected chi connectivity index (χ0v) is 76.0. The summed E-state index contributed by atoms with van der Waals surface area (Å²) in [6, 6.07) is 0. The van der Waals surface area contributed by atoms with E-state index in [0.717, 1.165) is 41.5 Å². The van der Waals surface area contributed by atoms with Crippen molar-refractivity contribution in [3.63, 3.8) is 0 Å². The van der Waals surface area contributed by atoms with Crippen molar-refractivity contribution in [3.8, 4) is 0 Å². The molecule has 0 aliphatic carbocycles. The van der Waals surface area contributed by atoms with Crippen molar-refractivity contribution < 1.29 is 582 Å². The third-order valence-corrected chi connectivity index (χ3v) is 4.09. The molecule has 0 fully saturated rings. The molecule has 97 heavy (non-hydrogen) atoms. The van der Waals surface area contributed by atoms with Gasteiger partial charge in [-0.3, -0.25) is 8.42 Å². The normalized spacial score (nSPS) is 7.76. The van der Waals surface area contributed by atoms with Gasteiger partial charge in [0.15, 0.2) is 0 Å². The number of hydrogen-bond acceptors (Lipinski definition) is 49. The van der Waals surface area contributed by atoms with E-state index < -0.39 is 178 Å². The molecule has 0 atom stereocenters. The average molecular weight is 2490 g/mol. The van der Waals surface area contributed by atoms with Crippen molar-refractivity contribution in [2.24, 2.45) is 11.5 Å². The summed E-state index contributed by atoms with van der Waals surface area (Å²) in [6.07, 6.45) is -10.5. The molecular formula is C35H41Ce7Mn4N3O47S+7. The van der Waals surface area contributed by atoms with Crippen LogP contribution in [0.2, 0.25) is 0 Å². The Hall–Kier alpha value is 0.844. The molecule has 50 nitrogen and oxygen atoms in total. The van der Waals surface area contributed by atoms with Crippen molar-refractivity contribution in [1.82, 2.24) is 0 Å². The van der Waals surface area contributed by atoms with Gasteiger partial charge in [0.25, 0.3) is 0 Å². The molecule has 0 aliphatic rings. The van der Waals surface area contributed by atoms with E-state index in [1.807, 2.05) is 0 Å². The molecule has 0 aromatic rings. The fourth-order valence-electron chi connectivity index (χ4n) is 2.05. The standard InChI is InChI=1S/3C6H8O7.C2H8N2.C2H2O4.6C2H4O2.CH2O3.7Ce.4Mn.NO3.H2O4S/c3*7-3(8)1-6(13,5(11)12)2-4(9)10;3-1-2-4;3-1(4)2(5)6;6*1-2(3)4;2-1(3)4;;;;;;;;;;;;2-1(3)4;1-5(2,3)4/h3*13H,1-2H2,(H,7,8)(H,9,10)(H,11,12);1-4H2;(H,3,4)(H,5,6);6*1H3,(H,3,4);(H2,2,3,4);;;;;;;;;;;;;(H2,1,2,3,4)/q;;;;;;;;;;;;7*+3;4*+2;-1;/p-21. The summed E-state index contributed by atoms with van der Waals surface area (Å²) in [4.78, 5) is 178. The van der Waals surface area contributed by atoms with Crippen molar-refractivity contribution in [2.75, 3.05) is 13.1 Å². The quantitative estimate of drug-likeness (QED) is 0.0239. The molecule has 0 unspecified atom stereocenters. The molecule has 0 amide bonds. The van der Waals surface area contributed by atoms with Gasteiger partial charge in [-0.25, -0.2) is 0 Å². The van der Waals surface area contributed by atoms with Crippen molar-refractivity contribution in [2.45, 2.75) is 96.9 Å². The summed E-state index contributed by atoms with van der Waals surface area (Å²) in [5.74, 6) is -28.8. The Labute approximate surface area is 821 Å². The van der Waals surface area contributed by atoms with E-state index in [2.05, 4.69) is 0 Å². The largest absolute Gasteiger partial charge is 3.00 e.